The van der Waals surface area contributed by atoms with Gasteiger partial charge < -0.3 is 20.1 Å². The van der Waals surface area contributed by atoms with Crippen molar-refractivity contribution in [2.75, 3.05) is 19.9 Å². The average molecular weight is 368 g/mol. The Kier molecular flexibility index (Phi) is 4.93. The molecule has 0 atom stereocenters. The van der Waals surface area contributed by atoms with Crippen molar-refractivity contribution in [1.29, 1.82) is 0 Å². The molecule has 2 aromatic carbocycles. The van der Waals surface area contributed by atoms with E-state index in [1.807, 2.05) is 18.2 Å². The fraction of sp³-hybridized carbons (Fsp3) is 0.250. The van der Waals surface area contributed by atoms with Gasteiger partial charge in [-0.05, 0) is 52.9 Å². The second kappa shape index (κ2) is 7.66. The van der Waals surface area contributed by atoms with Crippen molar-refractivity contribution in [2.45, 2.75) is 12.8 Å². The normalized spacial score (nSPS) is 12.3. The minimum atomic E-state index is -0.134. The SMILES string of the molecule is O=C(NCCc1ccc2c(c1)OCO2)NCCc1csc2ccccc12. The summed E-state index contributed by atoms with van der Waals surface area (Å²) in [6, 6.07) is 14.1. The molecule has 5 nitrogen and oxygen atoms in total. The smallest absolute Gasteiger partial charge is 0.314 e. The molecular weight excluding hydrogens is 348 g/mol. The van der Waals surface area contributed by atoms with E-state index in [0.717, 1.165) is 29.9 Å². The van der Waals surface area contributed by atoms with E-state index in [1.165, 1.54) is 15.6 Å². The highest BCUT2D eigenvalue weighted by atomic mass is 32.1. The van der Waals surface area contributed by atoms with Gasteiger partial charge in [0.05, 0.1) is 0 Å². The highest BCUT2D eigenvalue weighted by Gasteiger charge is 2.13. The van der Waals surface area contributed by atoms with Crippen LogP contribution in [0.5, 0.6) is 11.5 Å². The van der Waals surface area contributed by atoms with Crippen LogP contribution in [0.3, 0.4) is 0 Å². The predicted molar refractivity (Wildman–Crippen MR) is 103 cm³/mol. The van der Waals surface area contributed by atoms with Crippen LogP contribution in [-0.4, -0.2) is 25.9 Å². The zero-order valence-electron chi connectivity index (χ0n) is 14.3. The van der Waals surface area contributed by atoms with E-state index in [2.05, 4.69) is 40.3 Å². The Bertz CT molecular complexity index is 922. The Hall–Kier alpha value is -2.73. The van der Waals surface area contributed by atoms with E-state index in [-0.39, 0.29) is 12.8 Å². The summed E-state index contributed by atoms with van der Waals surface area (Å²) in [5, 5.41) is 9.27. The third-order valence-electron chi connectivity index (χ3n) is 4.38. The number of fused-ring (bicyclic) bond motifs is 2. The fourth-order valence-electron chi connectivity index (χ4n) is 3.02. The number of rotatable bonds is 6. The number of benzene rings is 2. The molecule has 2 heterocycles. The lowest BCUT2D eigenvalue weighted by Crippen LogP contribution is -2.37. The van der Waals surface area contributed by atoms with E-state index in [4.69, 9.17) is 9.47 Å². The summed E-state index contributed by atoms with van der Waals surface area (Å²) in [6.45, 7) is 1.47. The van der Waals surface area contributed by atoms with Gasteiger partial charge in [-0.15, -0.1) is 11.3 Å². The maximum Gasteiger partial charge on any atom is 0.314 e. The fourth-order valence-corrected chi connectivity index (χ4v) is 4.01. The number of thiophene rings is 1. The Labute approximate surface area is 155 Å². The molecule has 0 spiro atoms. The molecule has 0 bridgehead atoms. The van der Waals surface area contributed by atoms with Crippen LogP contribution in [-0.2, 0) is 12.8 Å². The van der Waals surface area contributed by atoms with Crippen molar-refractivity contribution < 1.29 is 14.3 Å². The molecule has 26 heavy (non-hydrogen) atoms. The predicted octanol–water partition coefficient (Wildman–Crippen LogP) is 3.71. The van der Waals surface area contributed by atoms with E-state index in [9.17, 15) is 4.79 Å². The first-order chi connectivity index (χ1) is 12.8. The summed E-state index contributed by atoms with van der Waals surface area (Å²) in [4.78, 5) is 11.9. The van der Waals surface area contributed by atoms with Crippen molar-refractivity contribution in [2.24, 2.45) is 0 Å². The van der Waals surface area contributed by atoms with E-state index in [0.29, 0.717) is 13.1 Å². The minimum Gasteiger partial charge on any atom is -0.454 e. The summed E-state index contributed by atoms with van der Waals surface area (Å²) in [7, 11) is 0. The standard InChI is InChI=1S/C20H20N2O3S/c23-20(21-9-7-14-5-6-17-18(11-14)25-13-24-17)22-10-8-15-12-26-19-4-2-1-3-16(15)19/h1-6,11-12H,7-10,13H2,(H2,21,22,23). The van der Waals surface area contributed by atoms with Crippen molar-refractivity contribution in [3.8, 4) is 11.5 Å². The molecule has 1 aliphatic heterocycles. The van der Waals surface area contributed by atoms with Crippen LogP contribution in [0.15, 0.2) is 47.8 Å². The van der Waals surface area contributed by atoms with E-state index in [1.54, 1.807) is 11.3 Å². The lowest BCUT2D eigenvalue weighted by atomic mass is 10.1. The van der Waals surface area contributed by atoms with Crippen molar-refractivity contribution in [3.05, 3.63) is 59.0 Å². The molecule has 0 radical (unpaired) electrons. The largest absolute Gasteiger partial charge is 0.454 e. The zero-order valence-corrected chi connectivity index (χ0v) is 15.1. The molecule has 6 heteroatoms. The third kappa shape index (κ3) is 3.75. The molecule has 134 valence electrons. The number of hydrogen-bond donors (Lipinski definition) is 2. The monoisotopic (exact) mass is 368 g/mol. The van der Waals surface area contributed by atoms with Crippen molar-refractivity contribution in [1.82, 2.24) is 10.6 Å². The molecule has 0 aliphatic carbocycles. The Morgan fingerprint density at radius 2 is 1.81 bits per heavy atom. The van der Waals surface area contributed by atoms with Crippen LogP contribution in [0.2, 0.25) is 0 Å². The van der Waals surface area contributed by atoms with Gasteiger partial charge in [0.2, 0.25) is 6.79 Å². The van der Waals surface area contributed by atoms with Gasteiger partial charge in [0, 0.05) is 17.8 Å². The number of hydrogen-bond acceptors (Lipinski definition) is 4. The number of amides is 2. The van der Waals surface area contributed by atoms with Crippen LogP contribution < -0.4 is 20.1 Å². The summed E-state index contributed by atoms with van der Waals surface area (Å²) >= 11 is 1.75. The number of carbonyl (C=O) groups excluding carboxylic acids is 1. The summed E-state index contributed by atoms with van der Waals surface area (Å²) in [6.07, 6.45) is 1.58. The van der Waals surface area contributed by atoms with Crippen molar-refractivity contribution in [3.63, 3.8) is 0 Å². The Morgan fingerprint density at radius 1 is 1.00 bits per heavy atom. The first kappa shape index (κ1) is 16.7. The number of carbonyl (C=O) groups is 1. The molecule has 1 aromatic heterocycles. The van der Waals surface area contributed by atoms with Gasteiger partial charge in [0.25, 0.3) is 0 Å². The van der Waals surface area contributed by atoms with Gasteiger partial charge in [-0.1, -0.05) is 24.3 Å². The van der Waals surface area contributed by atoms with E-state index < -0.39 is 0 Å². The summed E-state index contributed by atoms with van der Waals surface area (Å²) in [5.41, 5.74) is 2.39. The lowest BCUT2D eigenvalue weighted by molar-refractivity contribution is 0.174. The van der Waals surface area contributed by atoms with Gasteiger partial charge >= 0.3 is 6.03 Å². The van der Waals surface area contributed by atoms with Crippen LogP contribution >= 0.6 is 11.3 Å². The minimum absolute atomic E-state index is 0.134. The van der Waals surface area contributed by atoms with Gasteiger partial charge in [-0.3, -0.25) is 0 Å². The molecule has 2 N–H and O–H groups in total. The Balaban J connectivity index is 1.20. The molecule has 2 amide bonds. The molecule has 0 fully saturated rings. The summed E-state index contributed by atoms with van der Waals surface area (Å²) < 4.78 is 11.9. The molecule has 0 saturated heterocycles. The number of urea groups is 1. The van der Waals surface area contributed by atoms with Crippen LogP contribution in [0.1, 0.15) is 11.1 Å². The molecule has 1 aliphatic rings. The topological polar surface area (TPSA) is 59.6 Å². The van der Waals surface area contributed by atoms with Gasteiger partial charge in [-0.25, -0.2) is 4.79 Å². The number of nitrogens with one attached hydrogen (secondary N) is 2. The van der Waals surface area contributed by atoms with Gasteiger partial charge in [0.15, 0.2) is 11.5 Å². The second-order valence-corrected chi connectivity index (χ2v) is 7.04. The molecular formula is C20H20N2O3S. The quantitative estimate of drug-likeness (QED) is 0.697. The van der Waals surface area contributed by atoms with Crippen molar-refractivity contribution >= 4 is 27.5 Å². The zero-order chi connectivity index (χ0) is 17.8. The molecule has 0 saturated carbocycles. The molecule has 0 unspecified atom stereocenters. The Morgan fingerprint density at radius 3 is 2.73 bits per heavy atom. The second-order valence-electron chi connectivity index (χ2n) is 6.13. The van der Waals surface area contributed by atoms with Gasteiger partial charge in [-0.2, -0.15) is 0 Å². The highest BCUT2D eigenvalue weighted by molar-refractivity contribution is 7.17. The number of ether oxygens (including phenoxy) is 2. The van der Waals surface area contributed by atoms with Gasteiger partial charge in [0.1, 0.15) is 0 Å². The third-order valence-corrected chi connectivity index (χ3v) is 5.39. The average Bonchev–Trinajstić information content (AvgIpc) is 3.28. The first-order valence-corrected chi connectivity index (χ1v) is 9.53. The highest BCUT2D eigenvalue weighted by Crippen LogP contribution is 2.32. The van der Waals surface area contributed by atoms with Crippen LogP contribution in [0.4, 0.5) is 4.79 Å². The van der Waals surface area contributed by atoms with Crippen LogP contribution in [0.25, 0.3) is 10.1 Å². The van der Waals surface area contributed by atoms with Crippen LogP contribution in [0, 0.1) is 0 Å². The molecule has 3 aromatic rings. The lowest BCUT2D eigenvalue weighted by Gasteiger charge is -2.08. The molecule has 4 rings (SSSR count). The summed E-state index contributed by atoms with van der Waals surface area (Å²) in [5.74, 6) is 1.55. The maximum absolute atomic E-state index is 11.9. The van der Waals surface area contributed by atoms with E-state index >= 15 is 0 Å². The maximum atomic E-state index is 11.9. The first-order valence-electron chi connectivity index (χ1n) is 8.65.